The third kappa shape index (κ3) is 3.98. The van der Waals surface area contributed by atoms with Crippen LogP contribution in [0, 0.1) is 0 Å². The predicted molar refractivity (Wildman–Crippen MR) is 114 cm³/mol. The summed E-state index contributed by atoms with van der Waals surface area (Å²) in [5.41, 5.74) is 0.871. The largest absolute Gasteiger partial charge is 0.507 e. The number of nitrogens with zero attached hydrogens (tertiary/aromatic N) is 1. The third-order valence-corrected chi connectivity index (χ3v) is 5.85. The number of aliphatic hydroxyl groups excluding tert-OH is 1. The molecule has 2 fully saturated rings. The van der Waals surface area contributed by atoms with Crippen molar-refractivity contribution in [3.63, 3.8) is 0 Å². The van der Waals surface area contributed by atoms with Crippen molar-refractivity contribution in [3.8, 4) is 11.5 Å². The lowest BCUT2D eigenvalue weighted by molar-refractivity contribution is -0.140. The highest BCUT2D eigenvalue weighted by Gasteiger charge is 2.47. The van der Waals surface area contributed by atoms with Gasteiger partial charge in [-0.2, -0.15) is 0 Å². The summed E-state index contributed by atoms with van der Waals surface area (Å²) in [4.78, 5) is 27.4. The lowest BCUT2D eigenvalue weighted by atomic mass is 9.95. The Labute approximate surface area is 184 Å². The molecule has 2 aromatic carbocycles. The number of phenols is 1. The number of phenolic OH excluding ortho intramolecular Hbond substituents is 1. The number of amides is 1. The molecule has 0 spiro atoms. The molecular formula is C23H22ClNO6. The van der Waals surface area contributed by atoms with Gasteiger partial charge in [-0.3, -0.25) is 9.59 Å². The second kappa shape index (κ2) is 8.61. The van der Waals surface area contributed by atoms with Gasteiger partial charge in [0.25, 0.3) is 11.7 Å². The second-order valence-corrected chi connectivity index (χ2v) is 7.96. The van der Waals surface area contributed by atoms with Crippen molar-refractivity contribution in [1.82, 2.24) is 4.90 Å². The average molecular weight is 444 g/mol. The number of hydrogen-bond donors (Lipinski definition) is 2. The third-order valence-electron chi connectivity index (χ3n) is 5.60. The number of carbonyl (C=O) groups excluding carboxylic acids is 2. The Balaban J connectivity index is 1.85. The number of ketones is 1. The monoisotopic (exact) mass is 443 g/mol. The van der Waals surface area contributed by atoms with Crippen molar-refractivity contribution in [2.45, 2.75) is 25.0 Å². The Morgan fingerprint density at radius 3 is 2.61 bits per heavy atom. The van der Waals surface area contributed by atoms with E-state index >= 15 is 0 Å². The van der Waals surface area contributed by atoms with Crippen LogP contribution in [0.15, 0.2) is 48.0 Å². The number of likely N-dealkylation sites (tertiary alicyclic amines) is 1. The van der Waals surface area contributed by atoms with Crippen LogP contribution in [0.25, 0.3) is 5.76 Å². The fourth-order valence-corrected chi connectivity index (χ4v) is 4.18. The van der Waals surface area contributed by atoms with Crippen LogP contribution in [-0.2, 0) is 14.3 Å². The van der Waals surface area contributed by atoms with E-state index in [-0.39, 0.29) is 35.5 Å². The van der Waals surface area contributed by atoms with Gasteiger partial charge in [0, 0.05) is 23.7 Å². The Hall–Kier alpha value is -3.03. The topological polar surface area (TPSA) is 96.3 Å². The summed E-state index contributed by atoms with van der Waals surface area (Å²) in [6.45, 7) is 0.826. The Morgan fingerprint density at radius 1 is 1.23 bits per heavy atom. The standard InChI is InChI=1S/C23H22ClNO6/c1-30-18-11-14(6-9-17(18)26)20-19(21(27)13-4-7-15(24)8-5-13)22(28)23(29)25(20)12-16-3-2-10-31-16/h4-9,11,16,20,26-27H,2-3,10,12H2,1H3/b21-19-. The molecule has 0 aliphatic carbocycles. The zero-order chi connectivity index (χ0) is 22.1. The van der Waals surface area contributed by atoms with Crippen LogP contribution in [0.3, 0.4) is 0 Å². The maximum atomic E-state index is 13.0. The minimum absolute atomic E-state index is 0.0296. The molecule has 2 heterocycles. The van der Waals surface area contributed by atoms with Crippen LogP contribution >= 0.6 is 11.6 Å². The van der Waals surface area contributed by atoms with Crippen LogP contribution in [0.1, 0.15) is 30.0 Å². The second-order valence-electron chi connectivity index (χ2n) is 7.52. The first-order valence-corrected chi connectivity index (χ1v) is 10.3. The molecule has 7 nitrogen and oxygen atoms in total. The molecule has 0 saturated carbocycles. The van der Waals surface area contributed by atoms with Crippen LogP contribution < -0.4 is 4.74 Å². The van der Waals surface area contributed by atoms with E-state index in [4.69, 9.17) is 21.1 Å². The Kier molecular flexibility index (Phi) is 5.89. The van der Waals surface area contributed by atoms with Crippen LogP contribution in [0.4, 0.5) is 0 Å². The zero-order valence-electron chi connectivity index (χ0n) is 16.9. The molecule has 2 saturated heterocycles. The van der Waals surface area contributed by atoms with Crippen molar-refractivity contribution in [2.75, 3.05) is 20.3 Å². The SMILES string of the molecule is COc1cc(C2/C(=C(/O)c3ccc(Cl)cc3)C(=O)C(=O)N2CC2CCCO2)ccc1O. The zero-order valence-corrected chi connectivity index (χ0v) is 17.6. The summed E-state index contributed by atoms with van der Waals surface area (Å²) in [5, 5.41) is 21.5. The van der Waals surface area contributed by atoms with E-state index < -0.39 is 17.7 Å². The van der Waals surface area contributed by atoms with Gasteiger partial charge in [0.15, 0.2) is 11.5 Å². The molecule has 0 aromatic heterocycles. The molecule has 31 heavy (non-hydrogen) atoms. The summed E-state index contributed by atoms with van der Waals surface area (Å²) in [7, 11) is 1.41. The molecule has 2 N–H and O–H groups in total. The molecule has 2 unspecified atom stereocenters. The highest BCUT2D eigenvalue weighted by Crippen LogP contribution is 2.42. The van der Waals surface area contributed by atoms with Gasteiger partial charge in [-0.15, -0.1) is 0 Å². The Morgan fingerprint density at radius 2 is 1.97 bits per heavy atom. The average Bonchev–Trinajstić information content (AvgIpc) is 3.37. The van der Waals surface area contributed by atoms with E-state index in [1.54, 1.807) is 36.4 Å². The number of carbonyl (C=O) groups is 2. The minimum Gasteiger partial charge on any atom is -0.507 e. The molecule has 1 amide bonds. The highest BCUT2D eigenvalue weighted by atomic mass is 35.5. The number of Topliss-reactive ketones (excluding diaryl/α,β-unsaturated/α-hetero) is 1. The van der Waals surface area contributed by atoms with Crippen LogP contribution in [0.2, 0.25) is 5.02 Å². The van der Waals surface area contributed by atoms with Crippen LogP contribution in [-0.4, -0.2) is 53.2 Å². The van der Waals surface area contributed by atoms with Crippen molar-refractivity contribution < 1.29 is 29.3 Å². The lowest BCUT2D eigenvalue weighted by Gasteiger charge is -2.27. The summed E-state index contributed by atoms with van der Waals surface area (Å²) < 4.78 is 10.9. The summed E-state index contributed by atoms with van der Waals surface area (Å²) in [6, 6.07) is 10.1. The first-order valence-electron chi connectivity index (χ1n) is 9.93. The first-order chi connectivity index (χ1) is 14.9. The molecule has 2 atom stereocenters. The number of methoxy groups -OCH3 is 1. The number of hydrogen-bond acceptors (Lipinski definition) is 6. The van der Waals surface area contributed by atoms with Gasteiger partial charge in [0.05, 0.1) is 24.8 Å². The minimum atomic E-state index is -0.852. The van der Waals surface area contributed by atoms with Gasteiger partial charge in [-0.1, -0.05) is 17.7 Å². The molecule has 2 aliphatic heterocycles. The quantitative estimate of drug-likeness (QED) is 0.416. The number of aliphatic hydroxyl groups is 1. The van der Waals surface area contributed by atoms with E-state index in [1.165, 1.54) is 18.1 Å². The van der Waals surface area contributed by atoms with Gasteiger partial charge in [-0.05, 0) is 54.8 Å². The molecule has 2 aliphatic rings. The molecule has 8 heteroatoms. The van der Waals surface area contributed by atoms with Crippen molar-refractivity contribution >= 4 is 29.1 Å². The van der Waals surface area contributed by atoms with E-state index in [0.29, 0.717) is 22.8 Å². The van der Waals surface area contributed by atoms with E-state index in [2.05, 4.69) is 0 Å². The number of rotatable bonds is 5. The number of benzene rings is 2. The summed E-state index contributed by atoms with van der Waals surface area (Å²) in [5.74, 6) is -1.64. The van der Waals surface area contributed by atoms with Gasteiger partial charge in [0.2, 0.25) is 0 Å². The van der Waals surface area contributed by atoms with Crippen molar-refractivity contribution in [2.24, 2.45) is 0 Å². The fourth-order valence-electron chi connectivity index (χ4n) is 4.05. The van der Waals surface area contributed by atoms with Crippen molar-refractivity contribution in [3.05, 3.63) is 64.2 Å². The molecule has 0 bridgehead atoms. The smallest absolute Gasteiger partial charge is 0.295 e. The molecular weight excluding hydrogens is 422 g/mol. The van der Waals surface area contributed by atoms with Gasteiger partial charge < -0.3 is 24.6 Å². The van der Waals surface area contributed by atoms with E-state index in [9.17, 15) is 19.8 Å². The summed E-state index contributed by atoms with van der Waals surface area (Å²) >= 11 is 5.94. The normalized spacial score (nSPS) is 22.8. The Bertz CT molecular complexity index is 1040. The number of halogens is 1. The first kappa shape index (κ1) is 21.2. The molecule has 2 aromatic rings. The maximum Gasteiger partial charge on any atom is 0.295 e. The van der Waals surface area contributed by atoms with E-state index in [0.717, 1.165) is 12.8 Å². The summed E-state index contributed by atoms with van der Waals surface area (Å²) in [6.07, 6.45) is 1.48. The van der Waals surface area contributed by atoms with Gasteiger partial charge in [-0.25, -0.2) is 0 Å². The number of aromatic hydroxyl groups is 1. The lowest BCUT2D eigenvalue weighted by Crippen LogP contribution is -2.36. The van der Waals surface area contributed by atoms with Crippen molar-refractivity contribution in [1.29, 1.82) is 0 Å². The van der Waals surface area contributed by atoms with Gasteiger partial charge >= 0.3 is 0 Å². The highest BCUT2D eigenvalue weighted by molar-refractivity contribution is 6.46. The molecule has 162 valence electrons. The predicted octanol–water partition coefficient (Wildman–Crippen LogP) is 3.65. The van der Waals surface area contributed by atoms with E-state index in [1.807, 2.05) is 0 Å². The fraction of sp³-hybridized carbons (Fsp3) is 0.304. The number of ether oxygens (including phenoxy) is 2. The van der Waals surface area contributed by atoms with Gasteiger partial charge in [0.1, 0.15) is 5.76 Å². The maximum absolute atomic E-state index is 13.0. The molecule has 4 rings (SSSR count). The van der Waals surface area contributed by atoms with Crippen LogP contribution in [0.5, 0.6) is 11.5 Å². The molecule has 0 radical (unpaired) electrons.